The molecule has 0 spiro atoms. The molecule has 4 nitrogen and oxygen atoms in total. The summed E-state index contributed by atoms with van der Waals surface area (Å²) < 4.78 is 0. The van der Waals surface area contributed by atoms with Gasteiger partial charge in [0.15, 0.2) is 0 Å². The Morgan fingerprint density at radius 3 is 2.37 bits per heavy atom. The Hall–Kier alpha value is -2.36. The molecule has 0 aliphatic rings. The number of hydrogen-bond acceptors (Lipinski definition) is 3. The Morgan fingerprint density at radius 1 is 1.05 bits per heavy atom. The van der Waals surface area contributed by atoms with E-state index >= 15 is 0 Å². The first-order valence-electron chi connectivity index (χ1n) is 6.12. The van der Waals surface area contributed by atoms with Crippen LogP contribution in [0.2, 0.25) is 0 Å². The minimum Gasteiger partial charge on any atom is -0.387 e. The van der Waals surface area contributed by atoms with E-state index < -0.39 is 0 Å². The summed E-state index contributed by atoms with van der Waals surface area (Å²) in [5.74, 6) is -0.203. The molecule has 1 heterocycles. The minimum atomic E-state index is -0.203. The van der Waals surface area contributed by atoms with E-state index in [4.69, 9.17) is 0 Å². The van der Waals surface area contributed by atoms with Crippen LogP contribution < -0.4 is 10.6 Å². The second kappa shape index (κ2) is 5.52. The van der Waals surface area contributed by atoms with E-state index in [1.54, 1.807) is 12.3 Å². The number of aromatic nitrogens is 1. The molecule has 0 aliphatic carbocycles. The normalized spacial score (nSPS) is 10.1. The molecule has 1 amide bonds. The first-order valence-corrected chi connectivity index (χ1v) is 6.12. The van der Waals surface area contributed by atoms with E-state index in [0.29, 0.717) is 5.69 Å². The van der Waals surface area contributed by atoms with Crippen LogP contribution in [0.15, 0.2) is 36.5 Å². The molecule has 0 saturated heterocycles. The topological polar surface area (TPSA) is 54.0 Å². The van der Waals surface area contributed by atoms with Crippen molar-refractivity contribution in [2.75, 3.05) is 17.7 Å². The van der Waals surface area contributed by atoms with Gasteiger partial charge in [-0.05, 0) is 49.2 Å². The molecule has 0 atom stereocenters. The molecule has 1 aromatic carbocycles. The second-order valence-corrected chi connectivity index (χ2v) is 4.44. The van der Waals surface area contributed by atoms with Crippen LogP contribution in [0.4, 0.5) is 11.4 Å². The van der Waals surface area contributed by atoms with E-state index in [-0.39, 0.29) is 5.91 Å². The molecule has 0 bridgehead atoms. The maximum Gasteiger partial charge on any atom is 0.274 e. The van der Waals surface area contributed by atoms with Crippen molar-refractivity contribution >= 4 is 17.3 Å². The number of rotatable bonds is 3. The molecule has 2 N–H and O–H groups in total. The lowest BCUT2D eigenvalue weighted by molar-refractivity contribution is 0.102. The van der Waals surface area contributed by atoms with Gasteiger partial charge in [-0.2, -0.15) is 0 Å². The number of nitrogens with one attached hydrogen (secondary N) is 2. The van der Waals surface area contributed by atoms with Gasteiger partial charge in [0.2, 0.25) is 0 Å². The van der Waals surface area contributed by atoms with Crippen molar-refractivity contribution in [3.05, 3.63) is 53.3 Å². The van der Waals surface area contributed by atoms with Crippen molar-refractivity contribution in [1.29, 1.82) is 0 Å². The zero-order chi connectivity index (χ0) is 13.8. The average molecular weight is 255 g/mol. The molecule has 4 heteroatoms. The third-order valence-electron chi connectivity index (χ3n) is 3.05. The van der Waals surface area contributed by atoms with E-state index in [1.165, 1.54) is 5.56 Å². The van der Waals surface area contributed by atoms with Gasteiger partial charge >= 0.3 is 0 Å². The van der Waals surface area contributed by atoms with E-state index in [2.05, 4.69) is 15.6 Å². The van der Waals surface area contributed by atoms with Crippen LogP contribution in [0, 0.1) is 13.8 Å². The number of pyridine rings is 1. The smallest absolute Gasteiger partial charge is 0.274 e. The summed E-state index contributed by atoms with van der Waals surface area (Å²) in [6, 6.07) is 9.35. The van der Waals surface area contributed by atoms with Crippen molar-refractivity contribution in [2.24, 2.45) is 0 Å². The highest BCUT2D eigenvalue weighted by Crippen LogP contribution is 2.15. The van der Waals surface area contributed by atoms with E-state index in [0.717, 1.165) is 16.9 Å². The molecule has 1 aromatic heterocycles. The van der Waals surface area contributed by atoms with Crippen LogP contribution >= 0.6 is 0 Å². The summed E-state index contributed by atoms with van der Waals surface area (Å²) in [6.07, 6.45) is 1.63. The van der Waals surface area contributed by atoms with Crippen LogP contribution in [-0.2, 0) is 0 Å². The van der Waals surface area contributed by atoms with Gasteiger partial charge in [-0.1, -0.05) is 6.07 Å². The summed E-state index contributed by atoms with van der Waals surface area (Å²) in [7, 11) is 1.81. The molecular weight excluding hydrogens is 238 g/mol. The van der Waals surface area contributed by atoms with Gasteiger partial charge in [-0.25, -0.2) is 4.98 Å². The summed E-state index contributed by atoms with van der Waals surface area (Å²) in [4.78, 5) is 16.1. The molecule has 2 aromatic rings. The number of carbonyl (C=O) groups is 1. The van der Waals surface area contributed by atoms with Crippen LogP contribution in [0.5, 0.6) is 0 Å². The van der Waals surface area contributed by atoms with Crippen molar-refractivity contribution in [3.63, 3.8) is 0 Å². The van der Waals surface area contributed by atoms with Gasteiger partial charge in [-0.3, -0.25) is 4.79 Å². The van der Waals surface area contributed by atoms with Crippen LogP contribution in [0.3, 0.4) is 0 Å². The molecule has 0 radical (unpaired) electrons. The largest absolute Gasteiger partial charge is 0.387 e. The van der Waals surface area contributed by atoms with Crippen molar-refractivity contribution in [3.8, 4) is 0 Å². The lowest BCUT2D eigenvalue weighted by Gasteiger charge is -2.07. The number of anilines is 2. The summed E-state index contributed by atoms with van der Waals surface area (Å²) >= 11 is 0. The summed E-state index contributed by atoms with van der Waals surface area (Å²) in [5, 5.41) is 5.80. The Morgan fingerprint density at radius 2 is 1.79 bits per heavy atom. The van der Waals surface area contributed by atoms with E-state index in [9.17, 15) is 4.79 Å². The number of hydrogen-bond donors (Lipinski definition) is 2. The predicted molar refractivity (Wildman–Crippen MR) is 77.7 cm³/mol. The number of carbonyl (C=O) groups excluding carboxylic acids is 1. The van der Waals surface area contributed by atoms with Crippen LogP contribution in [0.1, 0.15) is 21.6 Å². The zero-order valence-electron chi connectivity index (χ0n) is 11.3. The zero-order valence-corrected chi connectivity index (χ0v) is 11.3. The molecule has 19 heavy (non-hydrogen) atoms. The fraction of sp³-hybridized carbons (Fsp3) is 0.200. The highest BCUT2D eigenvalue weighted by molar-refractivity contribution is 6.03. The third-order valence-corrected chi connectivity index (χ3v) is 3.05. The number of aryl methyl sites for hydroxylation is 2. The molecule has 0 saturated carbocycles. The fourth-order valence-corrected chi connectivity index (χ4v) is 1.69. The first-order chi connectivity index (χ1) is 9.10. The van der Waals surface area contributed by atoms with Crippen LogP contribution in [-0.4, -0.2) is 17.9 Å². The van der Waals surface area contributed by atoms with Gasteiger partial charge in [0.25, 0.3) is 5.91 Å². The SMILES string of the molecule is CNc1ccc(C(=O)Nc2ccc(C)c(C)c2)nc1. The average Bonchev–Trinajstić information content (AvgIpc) is 2.43. The summed E-state index contributed by atoms with van der Waals surface area (Å²) in [5.41, 5.74) is 4.42. The lowest BCUT2D eigenvalue weighted by Crippen LogP contribution is -2.13. The highest BCUT2D eigenvalue weighted by atomic mass is 16.1. The Balaban J connectivity index is 2.13. The second-order valence-electron chi connectivity index (χ2n) is 4.44. The first kappa shape index (κ1) is 13.1. The van der Waals surface area contributed by atoms with Gasteiger partial charge in [0, 0.05) is 12.7 Å². The van der Waals surface area contributed by atoms with Gasteiger partial charge < -0.3 is 10.6 Å². The molecule has 98 valence electrons. The number of amides is 1. The number of nitrogens with zero attached hydrogens (tertiary/aromatic N) is 1. The molecule has 0 fully saturated rings. The van der Waals surface area contributed by atoms with Gasteiger partial charge in [0.1, 0.15) is 5.69 Å². The number of benzene rings is 1. The maximum absolute atomic E-state index is 12.0. The van der Waals surface area contributed by atoms with Crippen molar-refractivity contribution < 1.29 is 4.79 Å². The van der Waals surface area contributed by atoms with Gasteiger partial charge in [-0.15, -0.1) is 0 Å². The fourth-order valence-electron chi connectivity index (χ4n) is 1.69. The molecule has 0 unspecified atom stereocenters. The van der Waals surface area contributed by atoms with Crippen molar-refractivity contribution in [1.82, 2.24) is 4.98 Å². The van der Waals surface area contributed by atoms with E-state index in [1.807, 2.05) is 45.2 Å². The molecule has 2 rings (SSSR count). The standard InChI is InChI=1S/C15H17N3O/c1-10-4-5-12(8-11(10)2)18-15(19)14-7-6-13(16-3)9-17-14/h4-9,16H,1-3H3,(H,18,19). The maximum atomic E-state index is 12.0. The monoisotopic (exact) mass is 255 g/mol. The van der Waals surface area contributed by atoms with Crippen molar-refractivity contribution in [2.45, 2.75) is 13.8 Å². The van der Waals surface area contributed by atoms with Gasteiger partial charge in [0.05, 0.1) is 11.9 Å². The predicted octanol–water partition coefficient (Wildman–Crippen LogP) is 2.99. The quantitative estimate of drug-likeness (QED) is 0.886. The lowest BCUT2D eigenvalue weighted by atomic mass is 10.1. The Kier molecular flexibility index (Phi) is 3.80. The third kappa shape index (κ3) is 3.10. The molecular formula is C15H17N3O. The Bertz CT molecular complexity index is 591. The Labute approximate surface area is 112 Å². The minimum absolute atomic E-state index is 0.203. The van der Waals surface area contributed by atoms with Crippen LogP contribution in [0.25, 0.3) is 0 Å². The summed E-state index contributed by atoms with van der Waals surface area (Å²) in [6.45, 7) is 4.06. The molecule has 0 aliphatic heterocycles. The highest BCUT2D eigenvalue weighted by Gasteiger charge is 2.07.